The van der Waals surface area contributed by atoms with Crippen LogP contribution in [0.4, 0.5) is 0 Å². The van der Waals surface area contributed by atoms with Crippen molar-refractivity contribution in [3.63, 3.8) is 0 Å². The second-order valence-electron chi connectivity index (χ2n) is 4.69. The summed E-state index contributed by atoms with van der Waals surface area (Å²) in [5, 5.41) is 13.0. The number of rotatable bonds is 7. The fraction of sp³-hybridized carbons (Fsp3) is 0.462. The van der Waals surface area contributed by atoms with Crippen LogP contribution in [0.25, 0.3) is 0 Å². The summed E-state index contributed by atoms with van der Waals surface area (Å²) in [6.45, 7) is 1.93. The number of nitrogens with zero attached hydrogens (tertiary/aromatic N) is 2. The summed E-state index contributed by atoms with van der Waals surface area (Å²) in [6, 6.07) is 3.68. The van der Waals surface area contributed by atoms with Crippen molar-refractivity contribution in [2.24, 2.45) is 28.6 Å². The van der Waals surface area contributed by atoms with E-state index in [1.807, 2.05) is 13.0 Å². The van der Waals surface area contributed by atoms with Gasteiger partial charge in [0.1, 0.15) is 10.4 Å². The predicted molar refractivity (Wildman–Crippen MR) is 84.1 cm³/mol. The number of nitrogens with one attached hydrogen (secondary N) is 1. The van der Waals surface area contributed by atoms with Crippen molar-refractivity contribution < 1.29 is 9.90 Å². The molecule has 0 saturated heterocycles. The van der Waals surface area contributed by atoms with Gasteiger partial charge in [-0.2, -0.15) is 5.10 Å². The Hall–Kier alpha value is -1.67. The standard InChI is InChI=1S/C13H20BrN5O2/c1-2-3-9(13(20)21)10(12(18-15)19-16)6-8-4-5-11(14)17-7-8/h4-5,7,9-10H,2-3,6,15-16H2,1H3,(H,18,19)(H,20,21)/t9-,10?/m0/s1. The summed E-state index contributed by atoms with van der Waals surface area (Å²) >= 11 is 3.26. The number of halogens is 1. The van der Waals surface area contributed by atoms with E-state index in [-0.39, 0.29) is 5.84 Å². The molecule has 0 aliphatic rings. The van der Waals surface area contributed by atoms with Gasteiger partial charge in [0.15, 0.2) is 0 Å². The first kappa shape index (κ1) is 17.4. The lowest BCUT2D eigenvalue weighted by Gasteiger charge is -2.24. The highest BCUT2D eigenvalue weighted by Crippen LogP contribution is 2.23. The molecule has 8 heteroatoms. The predicted octanol–water partition coefficient (Wildman–Crippen LogP) is 1.24. The van der Waals surface area contributed by atoms with E-state index in [0.717, 1.165) is 16.6 Å². The van der Waals surface area contributed by atoms with Gasteiger partial charge in [-0.3, -0.25) is 4.79 Å². The summed E-state index contributed by atoms with van der Waals surface area (Å²) in [7, 11) is 0. The number of pyridine rings is 1. The zero-order chi connectivity index (χ0) is 15.8. The van der Waals surface area contributed by atoms with E-state index in [9.17, 15) is 9.90 Å². The van der Waals surface area contributed by atoms with Crippen molar-refractivity contribution in [2.75, 3.05) is 0 Å². The van der Waals surface area contributed by atoms with Gasteiger partial charge in [-0.15, -0.1) is 0 Å². The van der Waals surface area contributed by atoms with Crippen LogP contribution in [-0.2, 0) is 11.2 Å². The van der Waals surface area contributed by atoms with E-state index in [2.05, 4.69) is 31.4 Å². The second kappa shape index (κ2) is 8.58. The van der Waals surface area contributed by atoms with Crippen LogP contribution < -0.4 is 17.1 Å². The lowest BCUT2D eigenvalue weighted by atomic mass is 9.83. The van der Waals surface area contributed by atoms with Crippen molar-refractivity contribution in [2.45, 2.75) is 26.2 Å². The lowest BCUT2D eigenvalue weighted by molar-refractivity contribution is -0.143. The number of aliphatic carboxylic acids is 1. The molecule has 6 N–H and O–H groups in total. The van der Waals surface area contributed by atoms with Crippen LogP contribution in [0.2, 0.25) is 0 Å². The average Bonchev–Trinajstić information content (AvgIpc) is 2.47. The minimum Gasteiger partial charge on any atom is -0.481 e. The number of hydrazine groups is 1. The van der Waals surface area contributed by atoms with Crippen molar-refractivity contribution in [1.82, 2.24) is 10.4 Å². The zero-order valence-corrected chi connectivity index (χ0v) is 13.4. The van der Waals surface area contributed by atoms with Gasteiger partial charge in [-0.25, -0.2) is 10.8 Å². The Morgan fingerprint density at radius 3 is 2.67 bits per heavy atom. The molecule has 1 unspecified atom stereocenters. The summed E-state index contributed by atoms with van der Waals surface area (Å²) in [6.07, 6.45) is 3.39. The molecule has 0 spiro atoms. The third-order valence-electron chi connectivity index (χ3n) is 3.29. The van der Waals surface area contributed by atoms with Crippen molar-refractivity contribution in [3.05, 3.63) is 28.5 Å². The fourth-order valence-corrected chi connectivity index (χ4v) is 2.49. The average molecular weight is 358 g/mol. The second-order valence-corrected chi connectivity index (χ2v) is 5.50. The maximum atomic E-state index is 11.5. The quantitative estimate of drug-likeness (QED) is 0.191. The lowest BCUT2D eigenvalue weighted by Crippen LogP contribution is -2.43. The highest BCUT2D eigenvalue weighted by molar-refractivity contribution is 9.10. The topological polar surface area (TPSA) is 127 Å². The molecule has 21 heavy (non-hydrogen) atoms. The number of hydrogen-bond donors (Lipinski definition) is 4. The van der Waals surface area contributed by atoms with Gasteiger partial charge in [0.05, 0.1) is 5.92 Å². The van der Waals surface area contributed by atoms with Gasteiger partial charge in [0, 0.05) is 12.1 Å². The Balaban J connectivity index is 3.06. The zero-order valence-electron chi connectivity index (χ0n) is 11.8. The number of carboxylic acid groups (broad SMARTS) is 1. The van der Waals surface area contributed by atoms with Crippen LogP contribution in [-0.4, -0.2) is 21.9 Å². The first-order valence-electron chi connectivity index (χ1n) is 6.61. The van der Waals surface area contributed by atoms with Crippen molar-refractivity contribution in [1.29, 1.82) is 0 Å². The van der Waals surface area contributed by atoms with E-state index in [4.69, 9.17) is 11.7 Å². The molecule has 116 valence electrons. The van der Waals surface area contributed by atoms with E-state index < -0.39 is 17.8 Å². The molecular weight excluding hydrogens is 338 g/mol. The van der Waals surface area contributed by atoms with Crippen molar-refractivity contribution >= 4 is 27.7 Å². The number of hydrazone groups is 1. The highest BCUT2D eigenvalue weighted by Gasteiger charge is 2.31. The largest absolute Gasteiger partial charge is 0.481 e. The summed E-state index contributed by atoms with van der Waals surface area (Å²) in [5.41, 5.74) is 3.30. The maximum Gasteiger partial charge on any atom is 0.307 e. The van der Waals surface area contributed by atoms with Crippen LogP contribution in [0, 0.1) is 11.8 Å². The van der Waals surface area contributed by atoms with E-state index in [0.29, 0.717) is 12.8 Å². The van der Waals surface area contributed by atoms with Gasteiger partial charge in [0.2, 0.25) is 0 Å². The Morgan fingerprint density at radius 1 is 1.52 bits per heavy atom. The molecule has 1 heterocycles. The Morgan fingerprint density at radius 2 is 2.24 bits per heavy atom. The van der Waals surface area contributed by atoms with E-state index in [1.165, 1.54) is 0 Å². The van der Waals surface area contributed by atoms with Gasteiger partial charge in [0.25, 0.3) is 0 Å². The van der Waals surface area contributed by atoms with Crippen LogP contribution in [0.3, 0.4) is 0 Å². The summed E-state index contributed by atoms with van der Waals surface area (Å²) in [4.78, 5) is 15.7. The molecule has 0 amide bonds. The smallest absolute Gasteiger partial charge is 0.307 e. The first-order chi connectivity index (χ1) is 10.0. The number of nitrogens with two attached hydrogens (primary N) is 2. The molecule has 1 rings (SSSR count). The Bertz CT molecular complexity index is 492. The molecule has 0 aromatic carbocycles. The number of hydrogen-bond acceptors (Lipinski definition) is 5. The first-order valence-corrected chi connectivity index (χ1v) is 7.40. The van der Waals surface area contributed by atoms with Crippen LogP contribution >= 0.6 is 15.9 Å². The van der Waals surface area contributed by atoms with Crippen molar-refractivity contribution in [3.8, 4) is 0 Å². The molecule has 0 saturated carbocycles. The number of amidine groups is 1. The van der Waals surface area contributed by atoms with Gasteiger partial charge < -0.3 is 16.4 Å². The number of carbonyl (C=O) groups is 1. The molecule has 1 aromatic rings. The maximum absolute atomic E-state index is 11.5. The van der Waals surface area contributed by atoms with Gasteiger partial charge in [-0.05, 0) is 40.4 Å². The molecule has 7 nitrogen and oxygen atoms in total. The number of aromatic nitrogens is 1. The minimum atomic E-state index is -0.886. The van der Waals surface area contributed by atoms with Crippen LogP contribution in [0.1, 0.15) is 25.3 Å². The molecule has 0 fully saturated rings. The van der Waals surface area contributed by atoms with Gasteiger partial charge in [-0.1, -0.05) is 19.4 Å². The Labute approximate surface area is 131 Å². The highest BCUT2D eigenvalue weighted by atomic mass is 79.9. The van der Waals surface area contributed by atoms with Crippen LogP contribution in [0.5, 0.6) is 0 Å². The molecule has 2 atom stereocenters. The fourth-order valence-electron chi connectivity index (χ4n) is 2.26. The van der Waals surface area contributed by atoms with E-state index >= 15 is 0 Å². The molecule has 0 aliphatic carbocycles. The summed E-state index contributed by atoms with van der Waals surface area (Å²) in [5.74, 6) is 9.09. The molecule has 0 radical (unpaired) electrons. The number of carboxylic acids is 1. The van der Waals surface area contributed by atoms with Gasteiger partial charge >= 0.3 is 5.97 Å². The molecule has 1 aromatic heterocycles. The summed E-state index contributed by atoms with van der Waals surface area (Å²) < 4.78 is 0.718. The SMILES string of the molecule is CCC[C@H](C(=O)O)C(Cc1ccc(Br)nc1)/C(=N/N)NN. The third kappa shape index (κ3) is 4.98. The van der Waals surface area contributed by atoms with E-state index in [1.54, 1.807) is 12.3 Å². The third-order valence-corrected chi connectivity index (χ3v) is 3.75. The molecular formula is C13H20BrN5O2. The molecule has 0 aliphatic heterocycles. The monoisotopic (exact) mass is 357 g/mol. The molecule has 0 bridgehead atoms. The Kier molecular flexibility index (Phi) is 7.10. The minimum absolute atomic E-state index is 0.277. The normalized spacial score (nSPS) is 14.5. The van der Waals surface area contributed by atoms with Crippen LogP contribution in [0.15, 0.2) is 28.0 Å².